The van der Waals surface area contributed by atoms with Crippen molar-refractivity contribution < 1.29 is 9.59 Å². The maximum Gasteiger partial charge on any atom is 0.166 e. The predicted octanol–water partition coefficient (Wildman–Crippen LogP) is 13.9. The lowest BCUT2D eigenvalue weighted by Crippen LogP contribution is -2.27. The number of hydrogen-bond acceptors (Lipinski definition) is 4. The molecule has 0 radical (unpaired) electrons. The molecule has 4 aromatic heterocycles. The first-order chi connectivity index (χ1) is 32.9. The van der Waals surface area contributed by atoms with Crippen LogP contribution in [0.25, 0.3) is 22.4 Å². The molecule has 0 unspecified atom stereocenters. The second kappa shape index (κ2) is 18.6. The van der Waals surface area contributed by atoms with Crippen molar-refractivity contribution in [1.29, 1.82) is 0 Å². The summed E-state index contributed by atoms with van der Waals surface area (Å²) in [4.78, 5) is 48.4. The Labute approximate surface area is 399 Å². The highest BCUT2D eigenvalue weighted by Crippen LogP contribution is 2.43. The number of allylic oxidation sites excluding steroid dienone is 4. The highest BCUT2D eigenvalue weighted by molar-refractivity contribution is 6.17. The van der Waals surface area contributed by atoms with Crippen LogP contribution in [0.5, 0.6) is 0 Å². The number of H-pyrrole nitrogens is 4. The summed E-state index contributed by atoms with van der Waals surface area (Å²) in [5.74, 6) is 0. The van der Waals surface area contributed by atoms with Crippen LogP contribution in [-0.2, 0) is 23.7 Å². The van der Waals surface area contributed by atoms with Gasteiger partial charge in [-0.25, -0.2) is 4.99 Å². The van der Waals surface area contributed by atoms with Gasteiger partial charge in [0.2, 0.25) is 0 Å². The van der Waals surface area contributed by atoms with E-state index in [1.165, 1.54) is 22.3 Å². The molecule has 0 bridgehead atoms. The van der Waals surface area contributed by atoms with E-state index in [1.807, 2.05) is 24.3 Å². The van der Waals surface area contributed by atoms with Gasteiger partial charge in [-0.15, -0.1) is 0 Å². The highest BCUT2D eigenvalue weighted by atomic mass is 16.1. The fourth-order valence-corrected chi connectivity index (χ4v) is 10.1. The van der Waals surface area contributed by atoms with Crippen molar-refractivity contribution in [2.24, 2.45) is 9.98 Å². The van der Waals surface area contributed by atoms with Crippen LogP contribution in [0.3, 0.4) is 0 Å². The molecule has 7 aromatic rings. The molecule has 0 spiro atoms. The van der Waals surface area contributed by atoms with E-state index < -0.39 is 10.8 Å². The van der Waals surface area contributed by atoms with Crippen molar-refractivity contribution in [3.8, 4) is 11.3 Å². The van der Waals surface area contributed by atoms with E-state index >= 15 is 0 Å². The summed E-state index contributed by atoms with van der Waals surface area (Å²) in [6, 6.07) is 42.0. The number of carbonyl (C=O) groups excluding carboxylic acids is 2. The zero-order chi connectivity index (χ0) is 47.7. The number of aromatic nitrogens is 4. The quantitative estimate of drug-likeness (QED) is 0.0722. The number of hydrogen-bond donors (Lipinski definition) is 4. The zero-order valence-electron chi connectivity index (χ0n) is 40.4. The van der Waals surface area contributed by atoms with Crippen LogP contribution in [0.15, 0.2) is 166 Å². The number of aromatic amines is 4. The molecule has 0 atom stereocenters. The molecule has 2 aliphatic rings. The Morgan fingerprint density at radius 2 is 1.06 bits per heavy atom. The van der Waals surface area contributed by atoms with E-state index in [9.17, 15) is 9.59 Å². The van der Waals surface area contributed by atoms with Gasteiger partial charge in [-0.2, -0.15) is 0 Å². The lowest BCUT2D eigenvalue weighted by molar-refractivity contribution is 0.111. The minimum Gasteiger partial charge on any atom is -0.358 e. The van der Waals surface area contributed by atoms with E-state index in [4.69, 9.17) is 9.98 Å². The Hall–Kier alpha value is -7.58. The monoisotopic (exact) mass is 896 g/mol. The van der Waals surface area contributed by atoms with E-state index in [2.05, 4.69) is 185 Å². The average Bonchev–Trinajstić information content (AvgIpc) is 4.24. The molecule has 6 heterocycles. The second-order valence-electron chi connectivity index (χ2n) is 18.7. The number of nitrogens with one attached hydrogen (secondary N) is 4. The largest absolute Gasteiger partial charge is 0.358 e. The Morgan fingerprint density at radius 1 is 0.515 bits per heavy atom. The molecule has 0 amide bonds. The summed E-state index contributed by atoms with van der Waals surface area (Å²) in [6.07, 6.45) is 9.35. The van der Waals surface area contributed by atoms with Crippen LogP contribution in [0.4, 0.5) is 0 Å². The SMILES string of the molecule is CCC1=C(CC)/C(=C(\c2ccccc2)c2ccc(C(C)(C)c3ccc(C=O)[nH]3)[nH]2)N=C1c1ccc(-c2[nH]c(/C(=C3\C=CC(C(C)(C)c4ccc(C=O)[nH]4)=N3)c3ccccc3)c(CC)c2CC)cc1. The number of aldehydes is 2. The summed E-state index contributed by atoms with van der Waals surface area (Å²) < 4.78 is 0. The van der Waals surface area contributed by atoms with Crippen molar-refractivity contribution in [2.75, 3.05) is 0 Å². The lowest BCUT2D eigenvalue weighted by atomic mass is 9.84. The zero-order valence-corrected chi connectivity index (χ0v) is 40.4. The van der Waals surface area contributed by atoms with Gasteiger partial charge < -0.3 is 19.9 Å². The molecule has 9 rings (SSSR count). The molecule has 68 heavy (non-hydrogen) atoms. The molecule has 2 aliphatic heterocycles. The molecule has 0 saturated heterocycles. The van der Waals surface area contributed by atoms with Crippen molar-refractivity contribution in [3.63, 3.8) is 0 Å². The molecular formula is C60H60N6O2. The van der Waals surface area contributed by atoms with E-state index in [0.717, 1.165) is 129 Å². The summed E-state index contributed by atoms with van der Waals surface area (Å²) in [5.41, 5.74) is 21.9. The maximum atomic E-state index is 11.6. The van der Waals surface area contributed by atoms with Gasteiger partial charge in [-0.1, -0.05) is 113 Å². The van der Waals surface area contributed by atoms with Crippen molar-refractivity contribution in [2.45, 2.75) is 91.9 Å². The molecule has 0 saturated carbocycles. The molecule has 3 aromatic carbocycles. The average molecular weight is 897 g/mol. The van der Waals surface area contributed by atoms with Gasteiger partial charge in [0.05, 0.1) is 39.9 Å². The van der Waals surface area contributed by atoms with Crippen LogP contribution < -0.4 is 0 Å². The minimum absolute atomic E-state index is 0.402. The van der Waals surface area contributed by atoms with Gasteiger partial charge in [0, 0.05) is 56.0 Å². The summed E-state index contributed by atoms with van der Waals surface area (Å²) in [5, 5.41) is 0. The van der Waals surface area contributed by atoms with Gasteiger partial charge in [-0.05, 0) is 141 Å². The van der Waals surface area contributed by atoms with Crippen molar-refractivity contribution >= 4 is 35.1 Å². The molecular weight excluding hydrogens is 837 g/mol. The normalized spacial score (nSPS) is 15.5. The van der Waals surface area contributed by atoms with Gasteiger partial charge in [0.1, 0.15) is 0 Å². The van der Waals surface area contributed by atoms with E-state index in [1.54, 1.807) is 0 Å². The number of benzene rings is 3. The Bertz CT molecular complexity index is 3220. The molecule has 0 fully saturated rings. The van der Waals surface area contributed by atoms with Crippen LogP contribution in [0.2, 0.25) is 0 Å². The Kier molecular flexibility index (Phi) is 12.5. The third kappa shape index (κ3) is 8.08. The van der Waals surface area contributed by atoms with E-state index in [0.29, 0.717) is 11.4 Å². The molecule has 8 nitrogen and oxygen atoms in total. The Morgan fingerprint density at radius 3 is 1.62 bits per heavy atom. The number of nitrogens with zero attached hydrogens (tertiary/aromatic N) is 2. The van der Waals surface area contributed by atoms with Crippen LogP contribution in [0, 0.1) is 0 Å². The first-order valence-electron chi connectivity index (χ1n) is 24.0. The third-order valence-electron chi connectivity index (χ3n) is 14.0. The van der Waals surface area contributed by atoms with Gasteiger partial charge in [0.25, 0.3) is 0 Å². The molecule has 0 aliphatic carbocycles. The van der Waals surface area contributed by atoms with Crippen molar-refractivity contribution in [1.82, 2.24) is 19.9 Å². The minimum atomic E-state index is -0.449. The third-order valence-corrected chi connectivity index (χ3v) is 14.0. The van der Waals surface area contributed by atoms with E-state index in [-0.39, 0.29) is 0 Å². The molecule has 342 valence electrons. The summed E-state index contributed by atoms with van der Waals surface area (Å²) >= 11 is 0. The van der Waals surface area contributed by atoms with Gasteiger partial charge >= 0.3 is 0 Å². The molecule has 8 heteroatoms. The smallest absolute Gasteiger partial charge is 0.166 e. The van der Waals surface area contributed by atoms with Crippen LogP contribution in [0.1, 0.15) is 145 Å². The van der Waals surface area contributed by atoms with Crippen LogP contribution >= 0.6 is 0 Å². The van der Waals surface area contributed by atoms with Crippen LogP contribution in [-0.4, -0.2) is 43.9 Å². The maximum absolute atomic E-state index is 11.6. The number of carbonyl (C=O) groups is 2. The summed E-state index contributed by atoms with van der Waals surface area (Å²) in [7, 11) is 0. The first kappa shape index (κ1) is 45.6. The molecule has 4 N–H and O–H groups in total. The second-order valence-corrected chi connectivity index (χ2v) is 18.7. The fraction of sp³-hybridized carbons (Fsp3) is 0.233. The summed E-state index contributed by atoms with van der Waals surface area (Å²) in [6.45, 7) is 17.5. The lowest BCUT2D eigenvalue weighted by Gasteiger charge is -2.22. The van der Waals surface area contributed by atoms with Gasteiger partial charge in [0.15, 0.2) is 12.6 Å². The van der Waals surface area contributed by atoms with Gasteiger partial charge in [-0.3, -0.25) is 14.6 Å². The number of aliphatic imine (C=N–C) groups is 2. The topological polar surface area (TPSA) is 122 Å². The standard InChI is InChI=1S/C60H60N6O2/c1-9-43-45(11-3)57(53(37-19-15-13-16-20-37)47-29-33-51(63-47)59(5,6)49-31-27-41(35-67)61-49)65-55(43)39-23-25-40(26-24-39)56-44(10-2)46(12-4)58(66-56)54(38-21-17-14-18-22-38)48-30-34-52(64-48)60(7,8)50-32-28-42(36-68)62-50/h13-36,61-63,66H,9-12H2,1-8H3/b54-48+,57-53-. The predicted molar refractivity (Wildman–Crippen MR) is 279 cm³/mol. The first-order valence-corrected chi connectivity index (χ1v) is 24.0. The number of rotatable bonds is 16. The van der Waals surface area contributed by atoms with Crippen molar-refractivity contribution in [3.05, 3.63) is 224 Å². The highest BCUT2D eigenvalue weighted by Gasteiger charge is 2.33. The fourth-order valence-electron chi connectivity index (χ4n) is 10.1. The Balaban J connectivity index is 1.13.